The SMILES string of the molecule is O=C(c1ccnc(F)c1)N1CCOCC2(CCN(c3ccccn3)C2)C1. The maximum atomic E-state index is 13.4. The molecule has 1 atom stereocenters. The maximum Gasteiger partial charge on any atom is 0.254 e. The van der Waals surface area contributed by atoms with Gasteiger partial charge in [-0.15, -0.1) is 0 Å². The van der Waals surface area contributed by atoms with Crippen molar-refractivity contribution < 1.29 is 13.9 Å². The van der Waals surface area contributed by atoms with Crippen molar-refractivity contribution in [3.05, 3.63) is 54.2 Å². The van der Waals surface area contributed by atoms with Crippen molar-refractivity contribution in [3.63, 3.8) is 0 Å². The minimum absolute atomic E-state index is 0.130. The zero-order valence-electron chi connectivity index (χ0n) is 14.5. The monoisotopic (exact) mass is 356 g/mol. The summed E-state index contributed by atoms with van der Waals surface area (Å²) < 4.78 is 19.2. The highest BCUT2D eigenvalue weighted by Crippen LogP contribution is 2.35. The Morgan fingerprint density at radius 3 is 2.88 bits per heavy atom. The molecule has 2 saturated heterocycles. The highest BCUT2D eigenvalue weighted by molar-refractivity contribution is 5.94. The second-order valence-corrected chi connectivity index (χ2v) is 7.01. The number of carbonyl (C=O) groups excluding carboxylic acids is 1. The molecule has 0 aromatic carbocycles. The second-order valence-electron chi connectivity index (χ2n) is 7.01. The van der Waals surface area contributed by atoms with Gasteiger partial charge in [-0.3, -0.25) is 4.79 Å². The summed E-state index contributed by atoms with van der Waals surface area (Å²) >= 11 is 0. The molecule has 4 heterocycles. The van der Waals surface area contributed by atoms with Crippen LogP contribution in [0.15, 0.2) is 42.7 Å². The first-order chi connectivity index (χ1) is 12.7. The highest BCUT2D eigenvalue weighted by atomic mass is 19.1. The Morgan fingerprint density at radius 2 is 2.08 bits per heavy atom. The molecule has 2 aliphatic rings. The number of rotatable bonds is 2. The Kier molecular flexibility index (Phi) is 4.55. The van der Waals surface area contributed by atoms with Gasteiger partial charge >= 0.3 is 0 Å². The lowest BCUT2D eigenvalue weighted by Crippen LogP contribution is -2.43. The summed E-state index contributed by atoms with van der Waals surface area (Å²) in [7, 11) is 0. The topological polar surface area (TPSA) is 58.6 Å². The number of hydrogen-bond donors (Lipinski definition) is 0. The largest absolute Gasteiger partial charge is 0.379 e. The van der Waals surface area contributed by atoms with Crippen LogP contribution >= 0.6 is 0 Å². The molecule has 2 aromatic rings. The van der Waals surface area contributed by atoms with Crippen LogP contribution in [0.3, 0.4) is 0 Å². The Labute approximate surface area is 151 Å². The fourth-order valence-electron chi connectivity index (χ4n) is 3.80. The van der Waals surface area contributed by atoms with Crippen LogP contribution in [0.4, 0.5) is 10.2 Å². The summed E-state index contributed by atoms with van der Waals surface area (Å²) in [6.07, 6.45) is 4.04. The van der Waals surface area contributed by atoms with Gasteiger partial charge in [0.25, 0.3) is 5.91 Å². The standard InChI is InChI=1S/C19H21FN4O2/c20-16-11-15(4-7-21-16)18(25)24-9-10-26-14-19(13-24)5-8-23(12-19)17-3-1-2-6-22-17/h1-4,6-7,11H,5,8-10,12-14H2. The van der Waals surface area contributed by atoms with Gasteiger partial charge in [0, 0.05) is 55.6 Å². The number of hydrogen-bond acceptors (Lipinski definition) is 5. The Bertz CT molecular complexity index is 788. The minimum Gasteiger partial charge on any atom is -0.379 e. The van der Waals surface area contributed by atoms with E-state index < -0.39 is 5.95 Å². The van der Waals surface area contributed by atoms with E-state index in [0.29, 0.717) is 31.9 Å². The normalized spacial score (nSPS) is 23.3. The Balaban J connectivity index is 1.52. The van der Waals surface area contributed by atoms with Crippen LogP contribution in [0.25, 0.3) is 0 Å². The van der Waals surface area contributed by atoms with Crippen LogP contribution < -0.4 is 4.90 Å². The molecule has 6 nitrogen and oxygen atoms in total. The summed E-state index contributed by atoms with van der Waals surface area (Å²) in [6, 6.07) is 8.62. The zero-order valence-corrected chi connectivity index (χ0v) is 14.5. The van der Waals surface area contributed by atoms with E-state index in [0.717, 1.165) is 25.3 Å². The molecule has 2 aromatic heterocycles. The lowest BCUT2D eigenvalue weighted by molar-refractivity contribution is 0.0690. The quantitative estimate of drug-likeness (QED) is 0.770. The summed E-state index contributed by atoms with van der Waals surface area (Å²) in [5.74, 6) is 0.133. The molecule has 0 aliphatic carbocycles. The van der Waals surface area contributed by atoms with Crippen molar-refractivity contribution in [3.8, 4) is 0 Å². The van der Waals surface area contributed by atoms with Crippen molar-refractivity contribution in [1.29, 1.82) is 0 Å². The van der Waals surface area contributed by atoms with E-state index >= 15 is 0 Å². The maximum absolute atomic E-state index is 13.4. The molecule has 1 unspecified atom stereocenters. The van der Waals surface area contributed by atoms with Gasteiger partial charge in [0.05, 0.1) is 13.2 Å². The molecule has 7 heteroatoms. The average Bonchev–Trinajstić information content (AvgIpc) is 2.96. The lowest BCUT2D eigenvalue weighted by atomic mass is 9.87. The minimum atomic E-state index is -0.640. The van der Waals surface area contributed by atoms with E-state index in [1.165, 1.54) is 12.3 Å². The van der Waals surface area contributed by atoms with Gasteiger partial charge in [-0.1, -0.05) is 6.07 Å². The van der Waals surface area contributed by atoms with Crippen LogP contribution in [0, 0.1) is 11.4 Å². The van der Waals surface area contributed by atoms with Crippen LogP contribution in [0.1, 0.15) is 16.8 Å². The number of anilines is 1. The van der Waals surface area contributed by atoms with Crippen LogP contribution in [-0.2, 0) is 4.74 Å². The summed E-state index contributed by atoms with van der Waals surface area (Å²) in [6.45, 7) is 3.88. The molecule has 26 heavy (non-hydrogen) atoms. The lowest BCUT2D eigenvalue weighted by Gasteiger charge is -2.32. The van der Waals surface area contributed by atoms with Crippen LogP contribution in [-0.4, -0.2) is 60.2 Å². The van der Waals surface area contributed by atoms with E-state index in [2.05, 4.69) is 14.9 Å². The van der Waals surface area contributed by atoms with Gasteiger partial charge < -0.3 is 14.5 Å². The number of pyridine rings is 2. The number of halogens is 1. The highest BCUT2D eigenvalue weighted by Gasteiger charge is 2.42. The Morgan fingerprint density at radius 1 is 1.15 bits per heavy atom. The summed E-state index contributed by atoms with van der Waals surface area (Å²) in [5, 5.41) is 0. The molecule has 136 valence electrons. The predicted octanol–water partition coefficient (Wildman–Crippen LogP) is 1.98. The number of amides is 1. The molecule has 0 saturated carbocycles. The Hall–Kier alpha value is -2.54. The fraction of sp³-hybridized carbons (Fsp3) is 0.421. The van der Waals surface area contributed by atoms with Gasteiger partial charge in [0.2, 0.25) is 5.95 Å². The third kappa shape index (κ3) is 3.39. The van der Waals surface area contributed by atoms with Crippen molar-refractivity contribution in [1.82, 2.24) is 14.9 Å². The molecular formula is C19H21FN4O2. The first-order valence-electron chi connectivity index (χ1n) is 8.80. The second kappa shape index (κ2) is 6.99. The van der Waals surface area contributed by atoms with Crippen LogP contribution in [0.2, 0.25) is 0 Å². The smallest absolute Gasteiger partial charge is 0.254 e. The van der Waals surface area contributed by atoms with Crippen molar-refractivity contribution in [2.45, 2.75) is 6.42 Å². The third-order valence-electron chi connectivity index (χ3n) is 5.11. The first kappa shape index (κ1) is 16.9. The molecule has 2 aliphatic heterocycles. The molecule has 0 radical (unpaired) electrons. The molecule has 1 amide bonds. The van der Waals surface area contributed by atoms with E-state index in [1.54, 1.807) is 17.2 Å². The number of carbonyl (C=O) groups is 1. The molecule has 0 bridgehead atoms. The average molecular weight is 356 g/mol. The van der Waals surface area contributed by atoms with E-state index in [9.17, 15) is 9.18 Å². The van der Waals surface area contributed by atoms with Crippen LogP contribution in [0.5, 0.6) is 0 Å². The van der Waals surface area contributed by atoms with E-state index in [1.807, 2.05) is 18.2 Å². The first-order valence-corrected chi connectivity index (χ1v) is 8.80. The number of nitrogens with zero attached hydrogens (tertiary/aromatic N) is 4. The number of ether oxygens (including phenoxy) is 1. The number of aromatic nitrogens is 2. The van der Waals surface area contributed by atoms with E-state index in [-0.39, 0.29) is 11.3 Å². The van der Waals surface area contributed by atoms with Crippen molar-refractivity contribution >= 4 is 11.7 Å². The van der Waals surface area contributed by atoms with Gasteiger partial charge in [0.15, 0.2) is 0 Å². The van der Waals surface area contributed by atoms with Gasteiger partial charge in [-0.05, 0) is 24.6 Å². The van der Waals surface area contributed by atoms with E-state index in [4.69, 9.17) is 4.74 Å². The fourth-order valence-corrected chi connectivity index (χ4v) is 3.80. The molecular weight excluding hydrogens is 335 g/mol. The third-order valence-corrected chi connectivity index (χ3v) is 5.11. The molecule has 1 spiro atoms. The molecule has 0 N–H and O–H groups in total. The van der Waals surface area contributed by atoms with Gasteiger partial charge in [-0.25, -0.2) is 9.97 Å². The molecule has 2 fully saturated rings. The zero-order chi connectivity index (χ0) is 18.0. The molecule has 4 rings (SSSR count). The summed E-state index contributed by atoms with van der Waals surface area (Å²) in [4.78, 5) is 24.8. The van der Waals surface area contributed by atoms with Crippen molar-refractivity contribution in [2.75, 3.05) is 44.3 Å². The summed E-state index contributed by atoms with van der Waals surface area (Å²) in [5.41, 5.74) is 0.198. The van der Waals surface area contributed by atoms with Gasteiger partial charge in [-0.2, -0.15) is 4.39 Å². The van der Waals surface area contributed by atoms with Gasteiger partial charge in [0.1, 0.15) is 5.82 Å². The van der Waals surface area contributed by atoms with Crippen molar-refractivity contribution in [2.24, 2.45) is 5.41 Å². The predicted molar refractivity (Wildman–Crippen MR) is 94.4 cm³/mol.